The third kappa shape index (κ3) is 5.67. The van der Waals surface area contributed by atoms with Crippen molar-refractivity contribution >= 4 is 17.7 Å². The lowest BCUT2D eigenvalue weighted by molar-refractivity contribution is -0.122. The van der Waals surface area contributed by atoms with E-state index in [1.54, 1.807) is 13.8 Å². The lowest BCUT2D eigenvalue weighted by atomic mass is 10.0. The fourth-order valence-electron chi connectivity index (χ4n) is 3.75. The first kappa shape index (κ1) is 23.1. The molecule has 1 aromatic heterocycles. The predicted octanol–water partition coefficient (Wildman–Crippen LogP) is 1.52. The Kier molecular flexibility index (Phi) is 8.40. The van der Waals surface area contributed by atoms with Gasteiger partial charge in [-0.25, -0.2) is 4.79 Å². The molecule has 8 heteroatoms. The van der Waals surface area contributed by atoms with Crippen molar-refractivity contribution in [2.24, 2.45) is 0 Å². The minimum atomic E-state index is -0.436. The number of carbonyl (C=O) groups is 3. The summed E-state index contributed by atoms with van der Waals surface area (Å²) in [5.41, 5.74) is 2.17. The van der Waals surface area contributed by atoms with Crippen LogP contribution in [0.3, 0.4) is 0 Å². The Morgan fingerprint density at radius 3 is 2.41 bits per heavy atom. The molecule has 0 aromatic carbocycles. The topological polar surface area (TPSA) is 94.7 Å². The molecule has 0 spiro atoms. The van der Waals surface area contributed by atoms with E-state index in [2.05, 4.69) is 27.0 Å². The Balaban J connectivity index is 1.92. The second kappa shape index (κ2) is 10.5. The number of ether oxygens (including phenoxy) is 1. The summed E-state index contributed by atoms with van der Waals surface area (Å²) < 4.78 is 4.82. The monoisotopic (exact) mass is 406 g/mol. The van der Waals surface area contributed by atoms with Crippen molar-refractivity contribution in [3.05, 3.63) is 22.5 Å². The number of ketones is 1. The van der Waals surface area contributed by atoms with Crippen LogP contribution in [0.4, 0.5) is 0 Å². The quantitative estimate of drug-likeness (QED) is 0.367. The maximum atomic E-state index is 13.0. The molecule has 0 bridgehead atoms. The van der Waals surface area contributed by atoms with Gasteiger partial charge in [0.2, 0.25) is 5.91 Å². The zero-order chi connectivity index (χ0) is 21.6. The number of aromatic amines is 1. The van der Waals surface area contributed by atoms with Gasteiger partial charge in [0.15, 0.2) is 5.78 Å². The van der Waals surface area contributed by atoms with Crippen molar-refractivity contribution in [1.82, 2.24) is 20.1 Å². The second-order valence-corrected chi connectivity index (χ2v) is 7.67. The molecule has 1 saturated heterocycles. The van der Waals surface area contributed by atoms with Crippen LogP contribution in [0.2, 0.25) is 0 Å². The molecule has 29 heavy (non-hydrogen) atoms. The van der Waals surface area contributed by atoms with Gasteiger partial charge in [0.1, 0.15) is 0 Å². The summed E-state index contributed by atoms with van der Waals surface area (Å²) in [6.07, 6.45) is 2.06. The minimum Gasteiger partial charge on any atom is -0.465 e. The Labute approximate surface area is 173 Å². The summed E-state index contributed by atoms with van der Waals surface area (Å²) in [5, 5.41) is 2.94. The highest BCUT2D eigenvalue weighted by molar-refractivity contribution is 6.03. The highest BCUT2D eigenvalue weighted by Crippen LogP contribution is 2.21. The Morgan fingerprint density at radius 2 is 1.83 bits per heavy atom. The lowest BCUT2D eigenvalue weighted by Crippen LogP contribution is -2.53. The van der Waals surface area contributed by atoms with Gasteiger partial charge in [0.25, 0.3) is 0 Å². The average Bonchev–Trinajstić information content (AvgIpc) is 3.01. The van der Waals surface area contributed by atoms with Crippen LogP contribution in [0.15, 0.2) is 0 Å². The van der Waals surface area contributed by atoms with Gasteiger partial charge in [-0.15, -0.1) is 0 Å². The number of esters is 1. The second-order valence-electron chi connectivity index (χ2n) is 7.67. The van der Waals surface area contributed by atoms with Crippen molar-refractivity contribution < 1.29 is 19.1 Å². The van der Waals surface area contributed by atoms with Crippen LogP contribution in [-0.4, -0.2) is 84.9 Å². The third-order valence-corrected chi connectivity index (χ3v) is 5.63. The molecule has 1 aromatic rings. The molecule has 1 atom stereocenters. The first-order chi connectivity index (χ1) is 13.8. The maximum Gasteiger partial charge on any atom is 0.339 e. The average molecular weight is 407 g/mol. The van der Waals surface area contributed by atoms with E-state index < -0.39 is 5.97 Å². The molecule has 1 unspecified atom stereocenters. The highest BCUT2D eigenvalue weighted by Gasteiger charge is 2.30. The number of hydrogen-bond donors (Lipinski definition) is 2. The number of rotatable bonds is 9. The number of piperazine rings is 1. The standard InChI is InChI=1S/C21H34N4O4/c1-6-7-8-22-17(26)13-24-9-11-25(12-10-24)16(4)20(27)19-14(2)18(15(3)23-19)21(28)29-5/h16,23H,6-13H2,1-5H3,(H,22,26). The van der Waals surface area contributed by atoms with Crippen molar-refractivity contribution in [1.29, 1.82) is 0 Å². The molecule has 0 aliphatic carbocycles. The zero-order valence-corrected chi connectivity index (χ0v) is 18.3. The Bertz CT molecular complexity index is 735. The first-order valence-corrected chi connectivity index (χ1v) is 10.3. The molecule has 162 valence electrons. The van der Waals surface area contributed by atoms with Crippen LogP contribution in [0, 0.1) is 13.8 Å². The number of nitrogens with one attached hydrogen (secondary N) is 2. The molecule has 8 nitrogen and oxygen atoms in total. The van der Waals surface area contributed by atoms with Gasteiger partial charge in [-0.3, -0.25) is 19.4 Å². The van der Waals surface area contributed by atoms with E-state index >= 15 is 0 Å². The summed E-state index contributed by atoms with van der Waals surface area (Å²) in [6, 6.07) is -0.308. The summed E-state index contributed by atoms with van der Waals surface area (Å²) >= 11 is 0. The zero-order valence-electron chi connectivity index (χ0n) is 18.3. The van der Waals surface area contributed by atoms with Gasteiger partial charge < -0.3 is 15.0 Å². The largest absolute Gasteiger partial charge is 0.465 e. The van der Waals surface area contributed by atoms with Gasteiger partial charge >= 0.3 is 5.97 Å². The van der Waals surface area contributed by atoms with Crippen molar-refractivity contribution in [3.8, 4) is 0 Å². The number of aromatic nitrogens is 1. The van der Waals surface area contributed by atoms with E-state index in [9.17, 15) is 14.4 Å². The smallest absolute Gasteiger partial charge is 0.339 e. The molecule has 2 rings (SSSR count). The molecule has 2 N–H and O–H groups in total. The highest BCUT2D eigenvalue weighted by atomic mass is 16.5. The van der Waals surface area contributed by atoms with E-state index in [1.165, 1.54) is 7.11 Å². The number of Topliss-reactive ketones (excluding diaryl/α,β-unsaturated/α-hetero) is 1. The molecule has 1 aliphatic heterocycles. The van der Waals surface area contributed by atoms with Gasteiger partial charge in [-0.2, -0.15) is 0 Å². The molecule has 1 aliphatic rings. The molecule has 0 radical (unpaired) electrons. The SMILES string of the molecule is CCCCNC(=O)CN1CCN(C(C)C(=O)c2[nH]c(C)c(C(=O)OC)c2C)CC1. The van der Waals surface area contributed by atoms with Gasteiger partial charge in [-0.05, 0) is 32.8 Å². The predicted molar refractivity (Wildman–Crippen MR) is 111 cm³/mol. The van der Waals surface area contributed by atoms with E-state index in [1.807, 2.05) is 6.92 Å². The van der Waals surface area contributed by atoms with E-state index in [0.717, 1.165) is 45.6 Å². The van der Waals surface area contributed by atoms with E-state index in [4.69, 9.17) is 4.74 Å². The van der Waals surface area contributed by atoms with Gasteiger partial charge in [-0.1, -0.05) is 13.3 Å². The number of amides is 1. The lowest BCUT2D eigenvalue weighted by Gasteiger charge is -2.37. The molecule has 2 heterocycles. The van der Waals surface area contributed by atoms with Crippen LogP contribution in [-0.2, 0) is 9.53 Å². The normalized spacial score (nSPS) is 16.4. The maximum absolute atomic E-state index is 13.0. The van der Waals surface area contributed by atoms with E-state index in [0.29, 0.717) is 29.1 Å². The van der Waals surface area contributed by atoms with Crippen LogP contribution >= 0.6 is 0 Å². The third-order valence-electron chi connectivity index (χ3n) is 5.63. The molecule has 1 fully saturated rings. The fourth-order valence-corrected chi connectivity index (χ4v) is 3.75. The molecular weight excluding hydrogens is 372 g/mol. The van der Waals surface area contributed by atoms with E-state index in [-0.39, 0.29) is 17.7 Å². The summed E-state index contributed by atoms with van der Waals surface area (Å²) in [5.74, 6) is -0.413. The molecular formula is C21H34N4O4. The van der Waals surface area contributed by atoms with Gasteiger partial charge in [0.05, 0.1) is 31.0 Å². The van der Waals surface area contributed by atoms with Crippen LogP contribution in [0.5, 0.6) is 0 Å². The number of aryl methyl sites for hydroxylation is 1. The molecule has 1 amide bonds. The van der Waals surface area contributed by atoms with Crippen molar-refractivity contribution in [3.63, 3.8) is 0 Å². The molecule has 0 saturated carbocycles. The number of nitrogens with zero attached hydrogens (tertiary/aromatic N) is 2. The number of carbonyl (C=O) groups excluding carboxylic acids is 3. The minimum absolute atomic E-state index is 0.0356. The Hall–Kier alpha value is -2.19. The number of unbranched alkanes of at least 4 members (excludes halogenated alkanes) is 1. The van der Waals surface area contributed by atoms with Crippen LogP contribution in [0.25, 0.3) is 0 Å². The van der Waals surface area contributed by atoms with Crippen molar-refractivity contribution in [2.45, 2.75) is 46.6 Å². The Morgan fingerprint density at radius 1 is 1.17 bits per heavy atom. The van der Waals surface area contributed by atoms with Gasteiger partial charge in [0, 0.05) is 38.4 Å². The number of H-pyrrole nitrogens is 1. The first-order valence-electron chi connectivity index (χ1n) is 10.3. The number of methoxy groups -OCH3 is 1. The summed E-state index contributed by atoms with van der Waals surface area (Å²) in [4.78, 5) is 44.3. The summed E-state index contributed by atoms with van der Waals surface area (Å²) in [6.45, 7) is 11.6. The number of hydrogen-bond acceptors (Lipinski definition) is 6. The fraction of sp³-hybridized carbons (Fsp3) is 0.667. The van der Waals surface area contributed by atoms with Crippen LogP contribution in [0.1, 0.15) is 58.8 Å². The summed E-state index contributed by atoms with van der Waals surface area (Å²) in [7, 11) is 1.34. The van der Waals surface area contributed by atoms with Crippen LogP contribution < -0.4 is 5.32 Å². The van der Waals surface area contributed by atoms with Crippen molar-refractivity contribution in [2.75, 3.05) is 46.4 Å².